The van der Waals surface area contributed by atoms with Crippen LogP contribution in [-0.4, -0.2) is 9.97 Å². The first-order valence-electron chi connectivity index (χ1n) is 6.55. The van der Waals surface area contributed by atoms with Gasteiger partial charge in [-0.2, -0.15) is 5.26 Å². The molecule has 0 spiro atoms. The Morgan fingerprint density at radius 3 is 3.05 bits per heavy atom. The fraction of sp³-hybridized carbons (Fsp3) is 0.333. The fourth-order valence-electron chi connectivity index (χ4n) is 2.85. The highest BCUT2D eigenvalue weighted by molar-refractivity contribution is 5.77. The molecular formula is C15H16N4. The Hall–Kier alpha value is -2.28. The number of nitrogens with two attached hydrogens (primary N) is 1. The van der Waals surface area contributed by atoms with E-state index in [0.717, 1.165) is 36.2 Å². The molecule has 3 rings (SSSR count). The predicted molar refractivity (Wildman–Crippen MR) is 74.3 cm³/mol. The molecule has 0 aromatic carbocycles. The molecule has 2 aromatic heterocycles. The summed E-state index contributed by atoms with van der Waals surface area (Å²) in [7, 11) is 0. The van der Waals surface area contributed by atoms with Gasteiger partial charge in [0.1, 0.15) is 17.5 Å². The molecule has 4 heteroatoms. The van der Waals surface area contributed by atoms with Gasteiger partial charge in [0.2, 0.25) is 0 Å². The number of pyridine rings is 1. The van der Waals surface area contributed by atoms with E-state index < -0.39 is 0 Å². The number of hydrogen-bond donors (Lipinski definition) is 2. The number of nitriles is 1. The quantitative estimate of drug-likeness (QED) is 0.819. The molecule has 96 valence electrons. The number of anilines is 1. The number of aryl methyl sites for hydroxylation is 1. The van der Waals surface area contributed by atoms with Gasteiger partial charge in [0, 0.05) is 23.1 Å². The molecule has 1 aliphatic carbocycles. The first-order chi connectivity index (χ1) is 9.20. The summed E-state index contributed by atoms with van der Waals surface area (Å²) in [5.74, 6) is 0.971. The Balaban J connectivity index is 2.30. The number of aromatic nitrogens is 2. The van der Waals surface area contributed by atoms with Crippen LogP contribution in [0.2, 0.25) is 0 Å². The number of nitrogens with zero attached hydrogens (tertiary/aromatic N) is 2. The molecule has 0 amide bonds. The predicted octanol–water partition coefficient (Wildman–Crippen LogP) is 2.66. The lowest BCUT2D eigenvalue weighted by Gasteiger charge is -2.24. The monoisotopic (exact) mass is 252 g/mol. The maximum atomic E-state index is 9.38. The van der Waals surface area contributed by atoms with E-state index in [0.29, 0.717) is 17.3 Å². The number of rotatable bonds is 1. The van der Waals surface area contributed by atoms with Crippen LogP contribution in [0.4, 0.5) is 5.82 Å². The number of nitrogen functional groups attached to an aromatic ring is 1. The molecule has 0 saturated carbocycles. The van der Waals surface area contributed by atoms with Crippen LogP contribution in [0.1, 0.15) is 30.2 Å². The Kier molecular flexibility index (Phi) is 2.75. The molecule has 1 unspecified atom stereocenters. The summed E-state index contributed by atoms with van der Waals surface area (Å²) in [6.07, 6.45) is 4.91. The second-order valence-corrected chi connectivity index (χ2v) is 5.22. The highest BCUT2D eigenvalue weighted by Gasteiger charge is 2.24. The molecule has 4 nitrogen and oxygen atoms in total. The molecule has 0 aliphatic heterocycles. The van der Waals surface area contributed by atoms with Crippen molar-refractivity contribution in [1.29, 1.82) is 5.26 Å². The van der Waals surface area contributed by atoms with Crippen molar-refractivity contribution < 1.29 is 0 Å². The van der Waals surface area contributed by atoms with Crippen LogP contribution in [0.25, 0.3) is 11.3 Å². The second-order valence-electron chi connectivity index (χ2n) is 5.22. The maximum absolute atomic E-state index is 9.38. The minimum Gasteiger partial charge on any atom is -0.383 e. The van der Waals surface area contributed by atoms with Gasteiger partial charge in [0.15, 0.2) is 0 Å². The topological polar surface area (TPSA) is 78.5 Å². The van der Waals surface area contributed by atoms with E-state index in [1.807, 2.05) is 18.3 Å². The van der Waals surface area contributed by atoms with Gasteiger partial charge in [-0.1, -0.05) is 6.92 Å². The third kappa shape index (κ3) is 1.88. The van der Waals surface area contributed by atoms with Gasteiger partial charge < -0.3 is 10.7 Å². The van der Waals surface area contributed by atoms with Crippen LogP contribution in [0.15, 0.2) is 18.3 Å². The van der Waals surface area contributed by atoms with Gasteiger partial charge in [0.05, 0.1) is 0 Å². The zero-order valence-corrected chi connectivity index (χ0v) is 10.9. The SMILES string of the molecule is CC1CCc2nc(N)c(C#N)c(-c3ccc[nH]3)c2C1. The van der Waals surface area contributed by atoms with E-state index in [4.69, 9.17) is 5.73 Å². The zero-order valence-electron chi connectivity index (χ0n) is 10.9. The smallest absolute Gasteiger partial charge is 0.142 e. The number of aromatic amines is 1. The van der Waals surface area contributed by atoms with E-state index in [1.54, 1.807) is 0 Å². The van der Waals surface area contributed by atoms with Crippen LogP contribution in [-0.2, 0) is 12.8 Å². The summed E-state index contributed by atoms with van der Waals surface area (Å²) in [5.41, 5.74) is 10.6. The van der Waals surface area contributed by atoms with Crippen molar-refractivity contribution in [3.05, 3.63) is 35.2 Å². The van der Waals surface area contributed by atoms with E-state index in [9.17, 15) is 5.26 Å². The highest BCUT2D eigenvalue weighted by atomic mass is 14.9. The van der Waals surface area contributed by atoms with Crippen molar-refractivity contribution in [2.45, 2.75) is 26.2 Å². The van der Waals surface area contributed by atoms with Gasteiger partial charge in [-0.15, -0.1) is 0 Å². The van der Waals surface area contributed by atoms with E-state index >= 15 is 0 Å². The van der Waals surface area contributed by atoms with Crippen LogP contribution in [0.5, 0.6) is 0 Å². The van der Waals surface area contributed by atoms with Crippen LogP contribution >= 0.6 is 0 Å². The lowest BCUT2D eigenvalue weighted by molar-refractivity contribution is 0.495. The zero-order chi connectivity index (χ0) is 13.4. The minimum absolute atomic E-state index is 0.348. The van der Waals surface area contributed by atoms with Gasteiger partial charge in [-0.3, -0.25) is 0 Å². The first-order valence-corrected chi connectivity index (χ1v) is 6.55. The molecule has 0 radical (unpaired) electrons. The Labute approximate surface area is 112 Å². The molecular weight excluding hydrogens is 236 g/mol. The third-order valence-electron chi connectivity index (χ3n) is 3.82. The lowest BCUT2D eigenvalue weighted by Crippen LogP contribution is -2.16. The van der Waals surface area contributed by atoms with E-state index in [1.165, 1.54) is 5.56 Å². The summed E-state index contributed by atoms with van der Waals surface area (Å²) < 4.78 is 0. The summed E-state index contributed by atoms with van der Waals surface area (Å²) in [6, 6.07) is 6.13. The Morgan fingerprint density at radius 2 is 2.37 bits per heavy atom. The molecule has 0 fully saturated rings. The average molecular weight is 252 g/mol. The number of hydrogen-bond acceptors (Lipinski definition) is 3. The van der Waals surface area contributed by atoms with Crippen molar-refractivity contribution in [3.8, 4) is 17.3 Å². The summed E-state index contributed by atoms with van der Waals surface area (Å²) in [6.45, 7) is 2.24. The van der Waals surface area contributed by atoms with Crippen LogP contribution in [0, 0.1) is 17.2 Å². The number of H-pyrrole nitrogens is 1. The fourth-order valence-corrected chi connectivity index (χ4v) is 2.85. The van der Waals surface area contributed by atoms with Gasteiger partial charge in [0.25, 0.3) is 0 Å². The molecule has 2 aromatic rings. The summed E-state index contributed by atoms with van der Waals surface area (Å²) in [4.78, 5) is 7.62. The molecule has 2 heterocycles. The molecule has 1 atom stereocenters. The standard InChI is InChI=1S/C15H16N4/c1-9-4-5-12-10(7-9)14(13-3-2-6-18-13)11(8-16)15(17)19-12/h2-3,6,9,18H,4-5,7H2,1H3,(H2,17,19). The first kappa shape index (κ1) is 11.8. The second kappa shape index (κ2) is 4.43. The highest BCUT2D eigenvalue weighted by Crippen LogP contribution is 2.36. The molecule has 19 heavy (non-hydrogen) atoms. The normalized spacial score (nSPS) is 17.8. The van der Waals surface area contributed by atoms with Gasteiger partial charge in [-0.25, -0.2) is 4.98 Å². The van der Waals surface area contributed by atoms with Gasteiger partial charge in [-0.05, 0) is 42.9 Å². The van der Waals surface area contributed by atoms with Crippen LogP contribution < -0.4 is 5.73 Å². The Morgan fingerprint density at radius 1 is 1.53 bits per heavy atom. The van der Waals surface area contributed by atoms with Crippen molar-refractivity contribution in [2.24, 2.45) is 5.92 Å². The van der Waals surface area contributed by atoms with E-state index in [2.05, 4.69) is 23.0 Å². The number of fused-ring (bicyclic) bond motifs is 1. The Bertz CT molecular complexity index is 650. The van der Waals surface area contributed by atoms with Gasteiger partial charge >= 0.3 is 0 Å². The maximum Gasteiger partial charge on any atom is 0.142 e. The van der Waals surface area contributed by atoms with E-state index in [-0.39, 0.29) is 0 Å². The third-order valence-corrected chi connectivity index (χ3v) is 3.82. The number of nitrogens with one attached hydrogen (secondary N) is 1. The molecule has 3 N–H and O–H groups in total. The van der Waals surface area contributed by atoms with Crippen molar-refractivity contribution in [2.75, 3.05) is 5.73 Å². The van der Waals surface area contributed by atoms with Crippen molar-refractivity contribution in [1.82, 2.24) is 9.97 Å². The molecule has 0 bridgehead atoms. The van der Waals surface area contributed by atoms with Crippen molar-refractivity contribution in [3.63, 3.8) is 0 Å². The minimum atomic E-state index is 0.348. The van der Waals surface area contributed by atoms with Crippen molar-refractivity contribution >= 4 is 5.82 Å². The summed E-state index contributed by atoms with van der Waals surface area (Å²) in [5, 5.41) is 9.38. The largest absolute Gasteiger partial charge is 0.383 e. The lowest BCUT2D eigenvalue weighted by atomic mass is 9.83. The molecule has 1 aliphatic rings. The summed E-state index contributed by atoms with van der Waals surface area (Å²) >= 11 is 0. The average Bonchev–Trinajstić information content (AvgIpc) is 2.91. The van der Waals surface area contributed by atoms with Crippen LogP contribution in [0.3, 0.4) is 0 Å². The molecule has 0 saturated heterocycles.